The van der Waals surface area contributed by atoms with Crippen molar-refractivity contribution in [2.45, 2.75) is 90.3 Å². The lowest BCUT2D eigenvalue weighted by molar-refractivity contribution is -0.128. The summed E-state index contributed by atoms with van der Waals surface area (Å²) in [5, 5.41) is 6.80. The van der Waals surface area contributed by atoms with E-state index in [1.807, 2.05) is 13.1 Å². The fourth-order valence-electron chi connectivity index (χ4n) is 3.78. The second-order valence-corrected chi connectivity index (χ2v) is 7.99. The molecule has 150 valence electrons. The zero-order valence-electron chi connectivity index (χ0n) is 17.0. The summed E-state index contributed by atoms with van der Waals surface area (Å²) in [5.41, 5.74) is 1.16. The van der Waals surface area contributed by atoms with Gasteiger partial charge in [-0.1, -0.05) is 20.3 Å². The molecule has 0 saturated heterocycles. The van der Waals surface area contributed by atoms with E-state index < -0.39 is 0 Å². The summed E-state index contributed by atoms with van der Waals surface area (Å²) in [5.74, 6) is 1.99. The van der Waals surface area contributed by atoms with Crippen molar-refractivity contribution in [1.29, 1.82) is 0 Å². The summed E-state index contributed by atoms with van der Waals surface area (Å²) in [6.07, 6.45) is 9.84. The molecule has 2 aliphatic carbocycles. The average molecular weight is 375 g/mol. The van der Waals surface area contributed by atoms with E-state index >= 15 is 0 Å². The first kappa shape index (κ1) is 20.1. The Hall–Kier alpha value is -1.69. The molecule has 0 unspecified atom stereocenters. The smallest absolute Gasteiger partial charge is 0.223 e. The van der Waals surface area contributed by atoms with Crippen LogP contribution in [0.2, 0.25) is 0 Å². The van der Waals surface area contributed by atoms with Gasteiger partial charge in [-0.05, 0) is 51.9 Å². The normalized spacial score (nSPS) is 25.2. The van der Waals surface area contributed by atoms with Crippen molar-refractivity contribution in [3.63, 3.8) is 0 Å². The standard InChI is InChI=1S/C21H34N4O2/c1-4-6-16-13-22-14(3)23-20(16)25-18-10-7-15(12-19(18)27-11-5-2)21(26)24-17-8-9-17/h13,15,17-19H,4-12H2,1-3H3,(H,24,26)(H,22,23,25)/t15-,18-,19-/m0/s1. The molecular weight excluding hydrogens is 340 g/mol. The number of rotatable bonds is 9. The lowest BCUT2D eigenvalue weighted by atomic mass is 9.83. The van der Waals surface area contributed by atoms with E-state index in [0.29, 0.717) is 6.04 Å². The molecule has 1 aromatic rings. The number of hydrogen-bond donors (Lipinski definition) is 2. The molecule has 0 spiro atoms. The number of amides is 1. The second kappa shape index (κ2) is 9.49. The molecule has 6 nitrogen and oxygen atoms in total. The predicted octanol–water partition coefficient (Wildman–Crippen LogP) is 3.39. The van der Waals surface area contributed by atoms with Crippen LogP contribution >= 0.6 is 0 Å². The number of carbonyl (C=O) groups is 1. The van der Waals surface area contributed by atoms with Crippen LogP contribution in [0.15, 0.2) is 6.20 Å². The predicted molar refractivity (Wildman–Crippen MR) is 107 cm³/mol. The van der Waals surface area contributed by atoms with Gasteiger partial charge in [0.05, 0.1) is 12.1 Å². The molecule has 6 heteroatoms. The molecular formula is C21H34N4O2. The summed E-state index contributed by atoms with van der Waals surface area (Å²) >= 11 is 0. The highest BCUT2D eigenvalue weighted by atomic mass is 16.5. The molecule has 2 saturated carbocycles. The number of aromatic nitrogens is 2. The molecule has 1 heterocycles. The Morgan fingerprint density at radius 1 is 1.22 bits per heavy atom. The molecule has 27 heavy (non-hydrogen) atoms. The van der Waals surface area contributed by atoms with E-state index in [1.54, 1.807) is 0 Å². The van der Waals surface area contributed by atoms with Gasteiger partial charge >= 0.3 is 0 Å². The van der Waals surface area contributed by atoms with E-state index in [4.69, 9.17) is 4.74 Å². The van der Waals surface area contributed by atoms with Gasteiger partial charge in [0.25, 0.3) is 0 Å². The molecule has 1 amide bonds. The van der Waals surface area contributed by atoms with Crippen LogP contribution in [0.4, 0.5) is 5.82 Å². The Labute approximate surface area is 162 Å². The van der Waals surface area contributed by atoms with E-state index in [1.165, 1.54) is 0 Å². The molecule has 2 fully saturated rings. The van der Waals surface area contributed by atoms with Gasteiger partial charge in [-0.3, -0.25) is 4.79 Å². The SMILES string of the molecule is CCCO[C@H]1C[C@@H](C(=O)NC2CC2)CC[C@@H]1Nc1nc(C)ncc1CCC. The van der Waals surface area contributed by atoms with Gasteiger partial charge in [0, 0.05) is 30.3 Å². The topological polar surface area (TPSA) is 76.1 Å². The van der Waals surface area contributed by atoms with Crippen LogP contribution in [0.3, 0.4) is 0 Å². The molecule has 0 bridgehead atoms. The van der Waals surface area contributed by atoms with E-state index in [-0.39, 0.29) is 24.0 Å². The van der Waals surface area contributed by atoms with Crippen molar-refractivity contribution in [3.8, 4) is 0 Å². The van der Waals surface area contributed by atoms with Crippen molar-refractivity contribution in [2.75, 3.05) is 11.9 Å². The number of hydrogen-bond acceptors (Lipinski definition) is 5. The van der Waals surface area contributed by atoms with Crippen molar-refractivity contribution < 1.29 is 9.53 Å². The minimum absolute atomic E-state index is 0.0402. The van der Waals surface area contributed by atoms with E-state index in [0.717, 1.165) is 75.2 Å². The average Bonchev–Trinajstić information content (AvgIpc) is 3.47. The summed E-state index contributed by atoms with van der Waals surface area (Å²) in [6, 6.07) is 0.607. The first-order valence-electron chi connectivity index (χ1n) is 10.6. The van der Waals surface area contributed by atoms with Gasteiger partial charge in [-0.15, -0.1) is 0 Å². The second-order valence-electron chi connectivity index (χ2n) is 7.99. The Balaban J connectivity index is 1.68. The third kappa shape index (κ3) is 5.64. The highest BCUT2D eigenvalue weighted by Gasteiger charge is 2.36. The Kier molecular flexibility index (Phi) is 7.05. The van der Waals surface area contributed by atoms with E-state index in [2.05, 4.69) is 34.4 Å². The van der Waals surface area contributed by atoms with Crippen LogP contribution in [0.1, 0.15) is 70.2 Å². The van der Waals surface area contributed by atoms with Gasteiger partial charge in [-0.25, -0.2) is 9.97 Å². The highest BCUT2D eigenvalue weighted by molar-refractivity contribution is 5.79. The van der Waals surface area contributed by atoms with Crippen LogP contribution in [0, 0.1) is 12.8 Å². The minimum Gasteiger partial charge on any atom is -0.376 e. The lowest BCUT2D eigenvalue weighted by Gasteiger charge is -2.36. The van der Waals surface area contributed by atoms with Crippen molar-refractivity contribution in [1.82, 2.24) is 15.3 Å². The third-order valence-electron chi connectivity index (χ3n) is 5.45. The number of aryl methyl sites for hydroxylation is 2. The van der Waals surface area contributed by atoms with Gasteiger partial charge in [0.1, 0.15) is 11.6 Å². The van der Waals surface area contributed by atoms with Gasteiger partial charge in [-0.2, -0.15) is 0 Å². The highest BCUT2D eigenvalue weighted by Crippen LogP contribution is 2.31. The number of nitrogens with one attached hydrogen (secondary N) is 2. The monoisotopic (exact) mass is 374 g/mol. The summed E-state index contributed by atoms with van der Waals surface area (Å²) in [6.45, 7) is 6.94. The Bertz CT molecular complexity index is 633. The first-order chi connectivity index (χ1) is 13.1. The largest absolute Gasteiger partial charge is 0.376 e. The quantitative estimate of drug-likeness (QED) is 0.693. The number of carbonyl (C=O) groups excluding carboxylic acids is 1. The lowest BCUT2D eigenvalue weighted by Crippen LogP contribution is -2.45. The van der Waals surface area contributed by atoms with Crippen molar-refractivity contribution in [2.24, 2.45) is 5.92 Å². The van der Waals surface area contributed by atoms with Crippen LogP contribution in [-0.2, 0) is 16.0 Å². The Morgan fingerprint density at radius 2 is 2.04 bits per heavy atom. The fraction of sp³-hybridized carbons (Fsp3) is 0.762. The minimum atomic E-state index is 0.0402. The molecule has 3 atom stereocenters. The zero-order chi connectivity index (χ0) is 19.2. The molecule has 0 radical (unpaired) electrons. The maximum atomic E-state index is 12.5. The zero-order valence-corrected chi connectivity index (χ0v) is 17.0. The Morgan fingerprint density at radius 3 is 2.74 bits per heavy atom. The fourth-order valence-corrected chi connectivity index (χ4v) is 3.78. The molecule has 0 aromatic carbocycles. The molecule has 1 aromatic heterocycles. The maximum Gasteiger partial charge on any atom is 0.223 e. The molecule has 3 rings (SSSR count). The number of nitrogens with zero attached hydrogens (tertiary/aromatic N) is 2. The van der Waals surface area contributed by atoms with Crippen LogP contribution in [-0.4, -0.2) is 40.7 Å². The number of ether oxygens (including phenoxy) is 1. The first-order valence-corrected chi connectivity index (χ1v) is 10.6. The van der Waals surface area contributed by atoms with Crippen molar-refractivity contribution in [3.05, 3.63) is 17.6 Å². The van der Waals surface area contributed by atoms with Gasteiger partial charge < -0.3 is 15.4 Å². The van der Waals surface area contributed by atoms with Crippen LogP contribution < -0.4 is 10.6 Å². The van der Waals surface area contributed by atoms with Crippen LogP contribution in [0.25, 0.3) is 0 Å². The van der Waals surface area contributed by atoms with Gasteiger partial charge in [0.15, 0.2) is 0 Å². The third-order valence-corrected chi connectivity index (χ3v) is 5.45. The van der Waals surface area contributed by atoms with Crippen molar-refractivity contribution >= 4 is 11.7 Å². The summed E-state index contributed by atoms with van der Waals surface area (Å²) in [4.78, 5) is 21.5. The van der Waals surface area contributed by atoms with E-state index in [9.17, 15) is 4.79 Å². The van der Waals surface area contributed by atoms with Gasteiger partial charge in [0.2, 0.25) is 5.91 Å². The number of anilines is 1. The summed E-state index contributed by atoms with van der Waals surface area (Å²) < 4.78 is 6.16. The molecule has 2 N–H and O–H groups in total. The van der Waals surface area contributed by atoms with Crippen LogP contribution in [0.5, 0.6) is 0 Å². The molecule has 0 aliphatic heterocycles. The molecule has 2 aliphatic rings. The maximum absolute atomic E-state index is 12.5. The summed E-state index contributed by atoms with van der Waals surface area (Å²) in [7, 11) is 0.